The van der Waals surface area contributed by atoms with Gasteiger partial charge in [-0.3, -0.25) is 14.9 Å². The molecule has 0 radical (unpaired) electrons. The number of amides is 1. The van der Waals surface area contributed by atoms with Crippen LogP contribution in [-0.2, 0) is 17.6 Å². The Kier molecular flexibility index (Phi) is 5.46. The summed E-state index contributed by atoms with van der Waals surface area (Å²) in [6.45, 7) is 1.96. The highest BCUT2D eigenvalue weighted by Gasteiger charge is 2.13. The minimum Gasteiger partial charge on any atom is -0.346 e. The molecule has 1 atom stereocenters. The van der Waals surface area contributed by atoms with Crippen LogP contribution in [0.4, 0.5) is 5.69 Å². The number of nitrogens with one attached hydrogen (secondary N) is 1. The molecule has 1 aliphatic carbocycles. The number of hydrogen-bond donors (Lipinski definition) is 1. The van der Waals surface area contributed by atoms with Gasteiger partial charge in [0.25, 0.3) is 5.69 Å². The lowest BCUT2D eigenvalue weighted by atomic mass is 9.89. The molecule has 26 heavy (non-hydrogen) atoms. The number of benzene rings is 2. The highest BCUT2D eigenvalue weighted by molar-refractivity contribution is 5.92. The third-order valence-electron chi connectivity index (χ3n) is 4.74. The van der Waals surface area contributed by atoms with E-state index in [1.54, 1.807) is 18.2 Å². The van der Waals surface area contributed by atoms with Crippen LogP contribution in [0.5, 0.6) is 0 Å². The Morgan fingerprint density at radius 3 is 2.69 bits per heavy atom. The number of hydrogen-bond acceptors (Lipinski definition) is 3. The van der Waals surface area contributed by atoms with Crippen molar-refractivity contribution in [2.45, 2.75) is 38.6 Å². The van der Waals surface area contributed by atoms with Gasteiger partial charge in [0.1, 0.15) is 0 Å². The van der Waals surface area contributed by atoms with Crippen LogP contribution in [0.25, 0.3) is 6.08 Å². The van der Waals surface area contributed by atoms with Crippen molar-refractivity contribution in [3.05, 3.63) is 80.9 Å². The van der Waals surface area contributed by atoms with Crippen molar-refractivity contribution in [3.63, 3.8) is 0 Å². The second-order valence-corrected chi connectivity index (χ2v) is 6.65. The summed E-state index contributed by atoms with van der Waals surface area (Å²) >= 11 is 0. The van der Waals surface area contributed by atoms with Crippen LogP contribution in [0.1, 0.15) is 48.1 Å². The predicted octanol–water partition coefficient (Wildman–Crippen LogP) is 4.36. The Morgan fingerprint density at radius 1 is 1.15 bits per heavy atom. The van der Waals surface area contributed by atoms with Gasteiger partial charge in [-0.1, -0.05) is 30.3 Å². The minimum absolute atomic E-state index is 0.00925. The summed E-state index contributed by atoms with van der Waals surface area (Å²) in [6, 6.07) is 12.6. The molecule has 2 aromatic carbocycles. The summed E-state index contributed by atoms with van der Waals surface area (Å²) < 4.78 is 0. The molecule has 0 aromatic heterocycles. The molecule has 0 unspecified atom stereocenters. The van der Waals surface area contributed by atoms with Crippen molar-refractivity contribution < 1.29 is 9.72 Å². The first kappa shape index (κ1) is 17.9. The Balaban J connectivity index is 1.64. The van der Waals surface area contributed by atoms with Crippen LogP contribution in [0, 0.1) is 10.1 Å². The summed E-state index contributed by atoms with van der Waals surface area (Å²) in [5.41, 5.74) is 4.54. The summed E-state index contributed by atoms with van der Waals surface area (Å²) in [5, 5.41) is 13.7. The zero-order valence-electron chi connectivity index (χ0n) is 14.8. The van der Waals surface area contributed by atoms with Gasteiger partial charge in [0.2, 0.25) is 5.91 Å². The van der Waals surface area contributed by atoms with Crippen LogP contribution in [0.3, 0.4) is 0 Å². The molecular formula is C21H22N2O3. The fourth-order valence-electron chi connectivity index (χ4n) is 3.28. The molecule has 0 bridgehead atoms. The van der Waals surface area contributed by atoms with E-state index in [4.69, 9.17) is 0 Å². The largest absolute Gasteiger partial charge is 0.346 e. The van der Waals surface area contributed by atoms with E-state index in [2.05, 4.69) is 23.5 Å². The van der Waals surface area contributed by atoms with Gasteiger partial charge in [0.15, 0.2) is 0 Å². The smallest absolute Gasteiger partial charge is 0.270 e. The standard InChI is InChI=1S/C21H22N2O3/c1-15(18-11-10-17-6-2-3-7-19(17)14-18)22-21(24)12-9-16-5-4-8-20(13-16)23(25)26/h4-5,8-15H,2-3,6-7H2,1H3,(H,22,24)/b12-9+/t15-/m0/s1. The third kappa shape index (κ3) is 4.36. The van der Waals surface area contributed by atoms with E-state index < -0.39 is 4.92 Å². The Labute approximate surface area is 152 Å². The lowest BCUT2D eigenvalue weighted by Gasteiger charge is -2.19. The number of rotatable bonds is 5. The van der Waals surface area contributed by atoms with Crippen LogP contribution in [-0.4, -0.2) is 10.8 Å². The van der Waals surface area contributed by atoms with Crippen molar-refractivity contribution in [1.82, 2.24) is 5.32 Å². The molecular weight excluding hydrogens is 328 g/mol. The summed E-state index contributed by atoms with van der Waals surface area (Å²) in [7, 11) is 0. The minimum atomic E-state index is -0.449. The number of nitro benzene ring substituents is 1. The van der Waals surface area contributed by atoms with E-state index in [9.17, 15) is 14.9 Å². The van der Waals surface area contributed by atoms with Crippen LogP contribution in [0.2, 0.25) is 0 Å². The molecule has 1 aliphatic rings. The van der Waals surface area contributed by atoms with E-state index >= 15 is 0 Å². The molecule has 0 saturated carbocycles. The molecule has 0 heterocycles. The van der Waals surface area contributed by atoms with E-state index in [-0.39, 0.29) is 17.6 Å². The number of carbonyl (C=O) groups excluding carboxylic acids is 1. The molecule has 0 saturated heterocycles. The van der Waals surface area contributed by atoms with E-state index in [1.807, 2.05) is 6.92 Å². The number of fused-ring (bicyclic) bond motifs is 1. The molecule has 5 heteroatoms. The number of non-ortho nitro benzene ring substituents is 1. The SMILES string of the molecule is C[C@H](NC(=O)/C=C/c1cccc([N+](=O)[O-])c1)c1ccc2c(c1)CCCC2. The fourth-order valence-corrected chi connectivity index (χ4v) is 3.28. The van der Waals surface area contributed by atoms with Gasteiger partial charge in [0.05, 0.1) is 11.0 Å². The lowest BCUT2D eigenvalue weighted by molar-refractivity contribution is -0.384. The van der Waals surface area contributed by atoms with Gasteiger partial charge in [-0.05, 0) is 60.9 Å². The number of carbonyl (C=O) groups is 1. The maximum absolute atomic E-state index is 12.2. The van der Waals surface area contributed by atoms with E-state index in [0.29, 0.717) is 5.56 Å². The number of aryl methyl sites for hydroxylation is 2. The number of nitro groups is 1. The second kappa shape index (κ2) is 7.95. The van der Waals surface area contributed by atoms with Gasteiger partial charge in [0, 0.05) is 18.2 Å². The molecule has 1 amide bonds. The van der Waals surface area contributed by atoms with E-state index in [0.717, 1.165) is 18.4 Å². The first-order valence-electron chi connectivity index (χ1n) is 8.87. The normalized spacial score (nSPS) is 14.7. The molecule has 0 fully saturated rings. The molecule has 0 spiro atoms. The second-order valence-electron chi connectivity index (χ2n) is 6.65. The highest BCUT2D eigenvalue weighted by Crippen LogP contribution is 2.24. The summed E-state index contributed by atoms with van der Waals surface area (Å²) in [4.78, 5) is 22.5. The molecule has 3 rings (SSSR count). The van der Waals surface area contributed by atoms with Crippen LogP contribution < -0.4 is 5.32 Å². The first-order chi connectivity index (χ1) is 12.5. The molecule has 2 aromatic rings. The maximum atomic E-state index is 12.2. The topological polar surface area (TPSA) is 72.2 Å². The third-order valence-corrected chi connectivity index (χ3v) is 4.74. The number of nitrogens with zero attached hydrogens (tertiary/aromatic N) is 1. The van der Waals surface area contributed by atoms with E-state index in [1.165, 1.54) is 42.2 Å². The van der Waals surface area contributed by atoms with Gasteiger partial charge in [-0.2, -0.15) is 0 Å². The van der Waals surface area contributed by atoms with Crippen molar-refractivity contribution in [3.8, 4) is 0 Å². The van der Waals surface area contributed by atoms with Crippen molar-refractivity contribution in [2.75, 3.05) is 0 Å². The Bertz CT molecular complexity index is 858. The average Bonchev–Trinajstić information content (AvgIpc) is 2.66. The first-order valence-corrected chi connectivity index (χ1v) is 8.87. The lowest BCUT2D eigenvalue weighted by Crippen LogP contribution is -2.24. The molecule has 1 N–H and O–H groups in total. The van der Waals surface area contributed by atoms with Gasteiger partial charge >= 0.3 is 0 Å². The zero-order chi connectivity index (χ0) is 18.5. The maximum Gasteiger partial charge on any atom is 0.270 e. The van der Waals surface area contributed by atoms with Gasteiger partial charge in [-0.15, -0.1) is 0 Å². The van der Waals surface area contributed by atoms with Crippen molar-refractivity contribution >= 4 is 17.7 Å². The Hall–Kier alpha value is -2.95. The molecule has 5 nitrogen and oxygen atoms in total. The predicted molar refractivity (Wildman–Crippen MR) is 102 cm³/mol. The molecule has 0 aliphatic heterocycles. The van der Waals surface area contributed by atoms with Crippen LogP contribution >= 0.6 is 0 Å². The average molecular weight is 350 g/mol. The fraction of sp³-hybridized carbons (Fsp3) is 0.286. The zero-order valence-corrected chi connectivity index (χ0v) is 14.8. The van der Waals surface area contributed by atoms with Gasteiger partial charge in [-0.25, -0.2) is 0 Å². The quantitative estimate of drug-likeness (QED) is 0.494. The summed E-state index contributed by atoms with van der Waals surface area (Å²) in [6.07, 6.45) is 7.72. The van der Waals surface area contributed by atoms with Gasteiger partial charge < -0.3 is 5.32 Å². The monoisotopic (exact) mass is 350 g/mol. The summed E-state index contributed by atoms with van der Waals surface area (Å²) in [5.74, 6) is -0.221. The van der Waals surface area contributed by atoms with Crippen LogP contribution in [0.15, 0.2) is 48.5 Å². The molecule has 134 valence electrons. The van der Waals surface area contributed by atoms with Crippen molar-refractivity contribution in [2.24, 2.45) is 0 Å². The van der Waals surface area contributed by atoms with Crippen molar-refractivity contribution in [1.29, 1.82) is 0 Å². The highest BCUT2D eigenvalue weighted by atomic mass is 16.6. The Morgan fingerprint density at radius 2 is 1.92 bits per heavy atom.